The van der Waals surface area contributed by atoms with Gasteiger partial charge in [0.05, 0.1) is 0 Å². The summed E-state index contributed by atoms with van der Waals surface area (Å²) in [5.74, 6) is 6.24. The van der Waals surface area contributed by atoms with E-state index in [1.54, 1.807) is 0 Å². The highest BCUT2D eigenvalue weighted by molar-refractivity contribution is 5.02. The molecule has 0 rings (SSSR count). The Kier molecular flexibility index (Phi) is 12.3. The molecule has 0 unspecified atom stereocenters. The van der Waals surface area contributed by atoms with Gasteiger partial charge in [0.1, 0.15) is 0 Å². The van der Waals surface area contributed by atoms with Crippen LogP contribution in [0.25, 0.3) is 0 Å². The van der Waals surface area contributed by atoms with Crippen LogP contribution >= 0.6 is 0 Å². The molecule has 0 aliphatic heterocycles. The molecule has 0 bridgehead atoms. The zero-order valence-corrected chi connectivity index (χ0v) is 16.3. The molecule has 0 amide bonds. The summed E-state index contributed by atoms with van der Waals surface area (Å²) in [5.41, 5.74) is 3.90. The largest absolute Gasteiger partial charge is 0.271 e. The molecule has 0 saturated heterocycles. The van der Waals surface area contributed by atoms with Crippen molar-refractivity contribution in [2.24, 2.45) is 11.3 Å². The summed E-state index contributed by atoms with van der Waals surface area (Å²) in [6.45, 7) is 11.6. The van der Waals surface area contributed by atoms with E-state index in [2.05, 4.69) is 40.0 Å². The van der Waals surface area contributed by atoms with Crippen molar-refractivity contribution in [3.8, 4) is 0 Å². The zero-order chi connectivity index (χ0) is 16.9. The summed E-state index contributed by atoms with van der Waals surface area (Å²) in [5, 5.41) is 0. The number of hydrogen-bond acceptors (Lipinski definition) is 2. The van der Waals surface area contributed by atoms with Gasteiger partial charge in [0.2, 0.25) is 0 Å². The number of nitrogens with one attached hydrogen (secondary N) is 1. The van der Waals surface area contributed by atoms with Crippen molar-refractivity contribution in [2.75, 3.05) is 0 Å². The molecule has 0 aromatic carbocycles. The lowest BCUT2D eigenvalue weighted by atomic mass is 9.59. The minimum absolute atomic E-state index is 0.137. The summed E-state index contributed by atoms with van der Waals surface area (Å²) >= 11 is 0. The Morgan fingerprint density at radius 1 is 0.636 bits per heavy atom. The van der Waals surface area contributed by atoms with Gasteiger partial charge in [-0.25, -0.2) is 0 Å². The first kappa shape index (κ1) is 21.9. The predicted octanol–water partition coefficient (Wildman–Crippen LogP) is 6.35. The lowest BCUT2D eigenvalue weighted by molar-refractivity contribution is 0.0293. The third kappa shape index (κ3) is 5.85. The third-order valence-corrected chi connectivity index (χ3v) is 5.90. The number of unbranched alkanes of at least 4 members (excludes halogenated alkanes) is 4. The summed E-state index contributed by atoms with van der Waals surface area (Å²) in [4.78, 5) is 0. The quantitative estimate of drug-likeness (QED) is 0.273. The Balaban J connectivity index is 5.51. The van der Waals surface area contributed by atoms with Crippen LogP contribution in [0.3, 0.4) is 0 Å². The molecule has 2 heteroatoms. The molecule has 3 N–H and O–H groups in total. The Labute approximate surface area is 141 Å². The van der Waals surface area contributed by atoms with Gasteiger partial charge in [-0.05, 0) is 37.5 Å². The van der Waals surface area contributed by atoms with E-state index >= 15 is 0 Å². The van der Waals surface area contributed by atoms with Gasteiger partial charge < -0.3 is 0 Å². The van der Waals surface area contributed by atoms with Gasteiger partial charge in [-0.3, -0.25) is 11.3 Å². The molecule has 2 nitrogen and oxygen atoms in total. The van der Waals surface area contributed by atoms with Crippen LogP contribution in [0, 0.1) is 5.41 Å². The normalized spacial score (nSPS) is 12.8. The zero-order valence-electron chi connectivity index (χ0n) is 16.3. The van der Waals surface area contributed by atoms with Gasteiger partial charge in [-0.2, -0.15) is 0 Å². The molecule has 0 aromatic rings. The fourth-order valence-corrected chi connectivity index (χ4v) is 4.24. The standard InChI is InChI=1S/C20H44N2/c1-6-11-15-19(10-5,16-12-7-2)20(22-21,17-13-8-3)18-14-9-4/h22H,6-18,21H2,1-5H3. The molecule has 0 aromatic heterocycles. The summed E-state index contributed by atoms with van der Waals surface area (Å²) < 4.78 is 0. The van der Waals surface area contributed by atoms with Gasteiger partial charge >= 0.3 is 0 Å². The maximum absolute atomic E-state index is 6.24. The highest BCUT2D eigenvalue weighted by Gasteiger charge is 2.47. The van der Waals surface area contributed by atoms with Gasteiger partial charge in [-0.15, -0.1) is 0 Å². The Hall–Kier alpha value is -0.0800. The van der Waals surface area contributed by atoms with Crippen LogP contribution in [0.1, 0.15) is 118 Å². The van der Waals surface area contributed by atoms with Gasteiger partial charge in [-0.1, -0.05) is 86.0 Å². The Morgan fingerprint density at radius 2 is 1.00 bits per heavy atom. The second-order valence-electron chi connectivity index (χ2n) is 7.27. The van der Waals surface area contributed by atoms with Crippen molar-refractivity contribution < 1.29 is 0 Å². The molecule has 0 radical (unpaired) electrons. The predicted molar refractivity (Wildman–Crippen MR) is 101 cm³/mol. The molecule has 0 fully saturated rings. The van der Waals surface area contributed by atoms with Crippen molar-refractivity contribution >= 4 is 0 Å². The SMILES string of the molecule is CCCCC(CC)(CCCC)C(CCCC)(CCCC)NN. The van der Waals surface area contributed by atoms with Crippen molar-refractivity contribution in [1.82, 2.24) is 5.43 Å². The van der Waals surface area contributed by atoms with Crippen molar-refractivity contribution in [3.63, 3.8) is 0 Å². The van der Waals surface area contributed by atoms with Crippen LogP contribution in [0.5, 0.6) is 0 Å². The van der Waals surface area contributed by atoms with Crippen molar-refractivity contribution in [3.05, 3.63) is 0 Å². The molecule has 0 atom stereocenters. The monoisotopic (exact) mass is 312 g/mol. The van der Waals surface area contributed by atoms with E-state index in [1.807, 2.05) is 0 Å². The molecular weight excluding hydrogens is 268 g/mol. The third-order valence-electron chi connectivity index (χ3n) is 5.90. The smallest absolute Gasteiger partial charge is 0.0377 e. The van der Waals surface area contributed by atoms with Crippen LogP contribution < -0.4 is 11.3 Å². The molecule has 0 aliphatic rings. The van der Waals surface area contributed by atoms with Crippen LogP contribution in [-0.4, -0.2) is 5.54 Å². The minimum Gasteiger partial charge on any atom is -0.271 e. The van der Waals surface area contributed by atoms with E-state index in [0.29, 0.717) is 5.41 Å². The summed E-state index contributed by atoms with van der Waals surface area (Å²) in [6, 6.07) is 0. The average Bonchev–Trinajstić information content (AvgIpc) is 2.56. The highest BCUT2D eigenvalue weighted by atomic mass is 15.3. The molecule has 22 heavy (non-hydrogen) atoms. The van der Waals surface area contributed by atoms with Gasteiger partial charge in [0, 0.05) is 5.54 Å². The van der Waals surface area contributed by atoms with Gasteiger partial charge in [0.15, 0.2) is 0 Å². The second kappa shape index (κ2) is 12.4. The summed E-state index contributed by atoms with van der Waals surface area (Å²) in [6.07, 6.45) is 16.7. The second-order valence-corrected chi connectivity index (χ2v) is 7.27. The lowest BCUT2D eigenvalue weighted by Crippen LogP contribution is -2.61. The van der Waals surface area contributed by atoms with Crippen molar-refractivity contribution in [1.29, 1.82) is 0 Å². The minimum atomic E-state index is 0.137. The number of hydrogen-bond donors (Lipinski definition) is 2. The van der Waals surface area contributed by atoms with E-state index in [0.717, 1.165) is 0 Å². The number of rotatable bonds is 15. The Bertz CT molecular complexity index is 208. The highest BCUT2D eigenvalue weighted by Crippen LogP contribution is 2.49. The fraction of sp³-hybridized carbons (Fsp3) is 1.00. The average molecular weight is 313 g/mol. The van der Waals surface area contributed by atoms with Crippen molar-refractivity contribution in [2.45, 2.75) is 124 Å². The maximum Gasteiger partial charge on any atom is 0.0377 e. The van der Waals surface area contributed by atoms with E-state index in [1.165, 1.54) is 83.5 Å². The molecule has 0 heterocycles. The maximum atomic E-state index is 6.24. The van der Waals surface area contributed by atoms with E-state index in [9.17, 15) is 0 Å². The Morgan fingerprint density at radius 3 is 1.27 bits per heavy atom. The first-order valence-corrected chi connectivity index (χ1v) is 10.1. The molecule has 0 aliphatic carbocycles. The molecular formula is C20H44N2. The lowest BCUT2D eigenvalue weighted by Gasteiger charge is -2.52. The number of nitrogens with two attached hydrogens (primary N) is 1. The van der Waals surface area contributed by atoms with Gasteiger partial charge in [0.25, 0.3) is 0 Å². The fourth-order valence-electron chi connectivity index (χ4n) is 4.24. The van der Waals surface area contributed by atoms with E-state index in [-0.39, 0.29) is 5.54 Å². The first-order valence-electron chi connectivity index (χ1n) is 10.1. The molecule has 0 spiro atoms. The van der Waals surface area contributed by atoms with Crippen LogP contribution in [0.2, 0.25) is 0 Å². The van der Waals surface area contributed by atoms with Crippen LogP contribution in [0.15, 0.2) is 0 Å². The van der Waals surface area contributed by atoms with E-state index < -0.39 is 0 Å². The molecule has 0 saturated carbocycles. The topological polar surface area (TPSA) is 38.0 Å². The van der Waals surface area contributed by atoms with Crippen LogP contribution in [-0.2, 0) is 0 Å². The summed E-state index contributed by atoms with van der Waals surface area (Å²) in [7, 11) is 0. The van der Waals surface area contributed by atoms with Crippen LogP contribution in [0.4, 0.5) is 0 Å². The molecule has 134 valence electrons. The number of hydrazine groups is 1. The first-order chi connectivity index (χ1) is 10.6. The van der Waals surface area contributed by atoms with E-state index in [4.69, 9.17) is 5.84 Å².